The molecule has 1 aromatic carbocycles. The molecule has 1 N–H and O–H groups in total. The number of likely N-dealkylation sites (N-methyl/N-ethyl adjacent to an activating group) is 1. The van der Waals surface area contributed by atoms with Crippen LogP contribution < -0.4 is 5.32 Å². The summed E-state index contributed by atoms with van der Waals surface area (Å²) in [6, 6.07) is 10.6. The number of nitrogens with one attached hydrogen (secondary N) is 1. The highest BCUT2D eigenvalue weighted by atomic mass is 14.8. The first-order valence-corrected chi connectivity index (χ1v) is 5.76. The van der Waals surface area contributed by atoms with Crippen molar-refractivity contribution in [3.8, 4) is 0 Å². The van der Waals surface area contributed by atoms with E-state index < -0.39 is 0 Å². The fourth-order valence-electron chi connectivity index (χ4n) is 1.68. The van der Waals surface area contributed by atoms with Crippen LogP contribution in [0.5, 0.6) is 0 Å². The van der Waals surface area contributed by atoms with Crippen LogP contribution in [0.4, 0.5) is 0 Å². The van der Waals surface area contributed by atoms with Gasteiger partial charge in [0.2, 0.25) is 0 Å². The van der Waals surface area contributed by atoms with E-state index >= 15 is 0 Å². The van der Waals surface area contributed by atoms with Crippen LogP contribution in [0.1, 0.15) is 18.9 Å². The van der Waals surface area contributed by atoms with E-state index in [1.165, 1.54) is 11.1 Å². The fraction of sp³-hybridized carbons (Fsp3) is 0.333. The van der Waals surface area contributed by atoms with E-state index in [2.05, 4.69) is 55.2 Å². The van der Waals surface area contributed by atoms with Gasteiger partial charge in [0.1, 0.15) is 0 Å². The van der Waals surface area contributed by atoms with Gasteiger partial charge in [0.05, 0.1) is 0 Å². The zero-order valence-corrected chi connectivity index (χ0v) is 10.3. The highest BCUT2D eigenvalue weighted by molar-refractivity contribution is 5.22. The van der Waals surface area contributed by atoms with E-state index in [9.17, 15) is 0 Å². The van der Waals surface area contributed by atoms with E-state index in [0.717, 1.165) is 25.0 Å². The van der Waals surface area contributed by atoms with Crippen LogP contribution in [-0.4, -0.2) is 13.6 Å². The molecule has 86 valence electrons. The molecule has 0 aliphatic heterocycles. The minimum atomic E-state index is 0.864. The van der Waals surface area contributed by atoms with Crippen LogP contribution in [0.15, 0.2) is 54.1 Å². The molecule has 0 heterocycles. The largest absolute Gasteiger partial charge is 0.316 e. The van der Waals surface area contributed by atoms with Gasteiger partial charge >= 0.3 is 0 Å². The molecular weight excluding hydrogens is 194 g/mol. The van der Waals surface area contributed by atoms with Gasteiger partial charge in [-0.15, -0.1) is 0 Å². The molecule has 0 aliphatic carbocycles. The number of allylic oxidation sites excluding steroid dienone is 1. The van der Waals surface area contributed by atoms with E-state index in [-0.39, 0.29) is 0 Å². The quantitative estimate of drug-likeness (QED) is 0.718. The summed E-state index contributed by atoms with van der Waals surface area (Å²) in [6.07, 6.45) is 4.39. The molecule has 0 aromatic heterocycles. The lowest BCUT2D eigenvalue weighted by Crippen LogP contribution is -2.08. The molecule has 0 spiro atoms. The second kappa shape index (κ2) is 7.02. The average Bonchev–Trinajstić information content (AvgIpc) is 2.28. The van der Waals surface area contributed by atoms with Crippen LogP contribution in [0, 0.1) is 0 Å². The van der Waals surface area contributed by atoms with Gasteiger partial charge in [0.15, 0.2) is 0 Å². The molecule has 1 heteroatoms. The molecule has 0 amide bonds. The van der Waals surface area contributed by atoms with Crippen LogP contribution >= 0.6 is 0 Å². The van der Waals surface area contributed by atoms with Crippen molar-refractivity contribution < 1.29 is 0 Å². The van der Waals surface area contributed by atoms with E-state index in [1.807, 2.05) is 7.05 Å². The monoisotopic (exact) mass is 215 g/mol. The van der Waals surface area contributed by atoms with Crippen molar-refractivity contribution in [2.24, 2.45) is 0 Å². The molecule has 0 bridgehead atoms. The summed E-state index contributed by atoms with van der Waals surface area (Å²) in [7, 11) is 1.94. The zero-order valence-electron chi connectivity index (χ0n) is 10.3. The Morgan fingerprint density at radius 1 is 1.31 bits per heavy atom. The van der Waals surface area contributed by atoms with E-state index in [4.69, 9.17) is 0 Å². The molecular formula is C15H21N. The number of benzene rings is 1. The van der Waals surface area contributed by atoms with Crippen molar-refractivity contribution in [3.63, 3.8) is 0 Å². The highest BCUT2D eigenvalue weighted by Crippen LogP contribution is 2.10. The fourth-order valence-corrected chi connectivity index (χ4v) is 1.68. The highest BCUT2D eigenvalue weighted by Gasteiger charge is 1.95. The summed E-state index contributed by atoms with van der Waals surface area (Å²) in [5, 5.41) is 3.10. The molecule has 0 fully saturated rings. The SMILES string of the molecule is C=C(/C=C(\C)CCc1ccccc1)CNC. The van der Waals surface area contributed by atoms with Gasteiger partial charge in [-0.05, 0) is 37.9 Å². The minimum Gasteiger partial charge on any atom is -0.316 e. The Hall–Kier alpha value is -1.34. The maximum absolute atomic E-state index is 4.00. The van der Waals surface area contributed by atoms with Crippen molar-refractivity contribution in [1.29, 1.82) is 0 Å². The number of hydrogen-bond donors (Lipinski definition) is 1. The lowest BCUT2D eigenvalue weighted by Gasteiger charge is -2.04. The molecule has 0 atom stereocenters. The van der Waals surface area contributed by atoms with Gasteiger partial charge in [-0.25, -0.2) is 0 Å². The molecule has 1 rings (SSSR count). The summed E-state index contributed by atoms with van der Waals surface area (Å²) >= 11 is 0. The zero-order chi connectivity index (χ0) is 11.8. The van der Waals surface area contributed by atoms with Gasteiger partial charge in [0, 0.05) is 6.54 Å². The average molecular weight is 215 g/mol. The molecule has 0 unspecified atom stereocenters. The van der Waals surface area contributed by atoms with Crippen molar-refractivity contribution in [2.45, 2.75) is 19.8 Å². The van der Waals surface area contributed by atoms with Gasteiger partial charge in [-0.1, -0.05) is 48.6 Å². The van der Waals surface area contributed by atoms with Gasteiger partial charge < -0.3 is 5.32 Å². The molecule has 16 heavy (non-hydrogen) atoms. The first-order chi connectivity index (χ1) is 7.72. The number of hydrogen-bond acceptors (Lipinski definition) is 1. The summed E-state index contributed by atoms with van der Waals surface area (Å²) in [5.74, 6) is 0. The van der Waals surface area contributed by atoms with Gasteiger partial charge in [0.25, 0.3) is 0 Å². The first-order valence-electron chi connectivity index (χ1n) is 5.76. The van der Waals surface area contributed by atoms with Crippen molar-refractivity contribution >= 4 is 0 Å². The predicted octanol–water partition coefficient (Wildman–Crippen LogP) is 3.34. The van der Waals surface area contributed by atoms with Crippen LogP contribution in [0.25, 0.3) is 0 Å². The minimum absolute atomic E-state index is 0.864. The van der Waals surface area contributed by atoms with Gasteiger partial charge in [-0.2, -0.15) is 0 Å². The summed E-state index contributed by atoms with van der Waals surface area (Å²) in [6.45, 7) is 7.03. The lowest BCUT2D eigenvalue weighted by atomic mass is 10.0. The second-order valence-electron chi connectivity index (χ2n) is 4.16. The summed E-state index contributed by atoms with van der Waals surface area (Å²) < 4.78 is 0. The third-order valence-electron chi connectivity index (χ3n) is 2.51. The Morgan fingerprint density at radius 3 is 2.62 bits per heavy atom. The van der Waals surface area contributed by atoms with Crippen molar-refractivity contribution in [2.75, 3.05) is 13.6 Å². The maximum atomic E-state index is 4.00. The third-order valence-corrected chi connectivity index (χ3v) is 2.51. The summed E-state index contributed by atoms with van der Waals surface area (Å²) in [5.41, 5.74) is 3.94. The predicted molar refractivity (Wildman–Crippen MR) is 71.6 cm³/mol. The number of rotatable bonds is 6. The van der Waals surface area contributed by atoms with Crippen molar-refractivity contribution in [1.82, 2.24) is 5.32 Å². The molecule has 1 nitrogen and oxygen atoms in total. The van der Waals surface area contributed by atoms with Crippen molar-refractivity contribution in [3.05, 3.63) is 59.7 Å². The van der Waals surface area contributed by atoms with Crippen LogP contribution in [-0.2, 0) is 6.42 Å². The molecule has 1 aromatic rings. The van der Waals surface area contributed by atoms with Crippen LogP contribution in [0.3, 0.4) is 0 Å². The topological polar surface area (TPSA) is 12.0 Å². The Labute approximate surface area is 98.9 Å². The standard InChI is InChI=1S/C15H21N/c1-13(11-14(2)12-16-3)9-10-15-7-5-4-6-8-15/h4-8,11,16H,2,9-10,12H2,1,3H3/b13-11+. The Balaban J connectivity index is 2.40. The number of aryl methyl sites for hydroxylation is 1. The lowest BCUT2D eigenvalue weighted by molar-refractivity contribution is 0.888. The normalized spacial score (nSPS) is 11.5. The summed E-state index contributed by atoms with van der Waals surface area (Å²) in [4.78, 5) is 0. The molecule has 0 saturated carbocycles. The Bertz CT molecular complexity index is 349. The molecule has 0 radical (unpaired) electrons. The maximum Gasteiger partial charge on any atom is 0.0196 e. The van der Waals surface area contributed by atoms with Gasteiger partial charge in [-0.3, -0.25) is 0 Å². The molecule has 0 aliphatic rings. The van der Waals surface area contributed by atoms with E-state index in [1.54, 1.807) is 0 Å². The third kappa shape index (κ3) is 4.94. The smallest absolute Gasteiger partial charge is 0.0196 e. The molecule has 0 saturated heterocycles. The van der Waals surface area contributed by atoms with Crippen LogP contribution in [0.2, 0.25) is 0 Å². The Morgan fingerprint density at radius 2 is 2.00 bits per heavy atom. The van der Waals surface area contributed by atoms with E-state index in [0.29, 0.717) is 0 Å². The second-order valence-corrected chi connectivity index (χ2v) is 4.16. The Kier molecular flexibility index (Phi) is 5.58. The first kappa shape index (κ1) is 12.7.